The molecule has 1 fully saturated rings. The molecule has 1 aliphatic rings. The largest absolute Gasteiger partial charge is 0.494 e. The fourth-order valence-corrected chi connectivity index (χ4v) is 3.81. The highest BCUT2D eigenvalue weighted by molar-refractivity contribution is 6.04. The number of nitrogens with one attached hydrogen (secondary N) is 1. The van der Waals surface area contributed by atoms with Gasteiger partial charge in [0.05, 0.1) is 6.61 Å². The van der Waals surface area contributed by atoms with Gasteiger partial charge in [-0.15, -0.1) is 0 Å². The van der Waals surface area contributed by atoms with E-state index in [2.05, 4.69) is 17.1 Å². The molecule has 3 aromatic carbocycles. The summed E-state index contributed by atoms with van der Waals surface area (Å²) in [4.78, 5) is 29.3. The van der Waals surface area contributed by atoms with E-state index in [1.807, 2.05) is 71.6 Å². The third-order valence-corrected chi connectivity index (χ3v) is 5.67. The fraction of sp³-hybridized carbons (Fsp3) is 0.259. The predicted molar refractivity (Wildman–Crippen MR) is 131 cm³/mol. The van der Waals surface area contributed by atoms with E-state index in [0.29, 0.717) is 25.3 Å². The number of carbonyl (C=O) groups is 2. The molecule has 1 heterocycles. The monoisotopic (exact) mass is 443 g/mol. The van der Waals surface area contributed by atoms with Crippen molar-refractivity contribution in [1.82, 2.24) is 4.90 Å². The Bertz CT molecular complexity index is 1060. The van der Waals surface area contributed by atoms with Gasteiger partial charge in [-0.05, 0) is 67.1 Å². The molecule has 0 spiro atoms. The van der Waals surface area contributed by atoms with E-state index in [9.17, 15) is 9.59 Å². The molecule has 1 N–H and O–H groups in total. The number of piperazine rings is 1. The van der Waals surface area contributed by atoms with Crippen molar-refractivity contribution in [2.75, 3.05) is 43.0 Å². The molecule has 6 heteroatoms. The van der Waals surface area contributed by atoms with Gasteiger partial charge in [0.15, 0.2) is 0 Å². The number of hydrogen-bond acceptors (Lipinski definition) is 4. The smallest absolute Gasteiger partial charge is 0.255 e. The van der Waals surface area contributed by atoms with Gasteiger partial charge in [0.1, 0.15) is 5.75 Å². The maximum atomic E-state index is 12.6. The minimum atomic E-state index is -0.155. The van der Waals surface area contributed by atoms with Gasteiger partial charge in [0, 0.05) is 48.7 Å². The molecule has 0 unspecified atom stereocenters. The maximum absolute atomic E-state index is 12.6. The Morgan fingerprint density at radius 3 is 2.12 bits per heavy atom. The third-order valence-electron chi connectivity index (χ3n) is 5.67. The summed E-state index contributed by atoms with van der Waals surface area (Å²) in [6, 6.07) is 24.4. The molecule has 0 radical (unpaired) electrons. The summed E-state index contributed by atoms with van der Waals surface area (Å²) in [6.45, 7) is 5.64. The SMILES string of the molecule is CCCOc1ccc(C(=O)Nc2ccc(N3CCN(C(=O)c4ccccc4)CC3)cc2)cc1. The quantitative estimate of drug-likeness (QED) is 0.576. The lowest BCUT2D eigenvalue weighted by Gasteiger charge is -2.36. The van der Waals surface area contributed by atoms with Crippen LogP contribution in [0.4, 0.5) is 11.4 Å². The molecule has 0 aromatic heterocycles. The summed E-state index contributed by atoms with van der Waals surface area (Å²) in [5.41, 5.74) is 3.14. The average molecular weight is 444 g/mol. The van der Waals surface area contributed by atoms with Gasteiger partial charge in [-0.1, -0.05) is 25.1 Å². The predicted octanol–water partition coefficient (Wildman–Crippen LogP) is 4.69. The Morgan fingerprint density at radius 1 is 0.818 bits per heavy atom. The van der Waals surface area contributed by atoms with E-state index in [4.69, 9.17) is 4.74 Å². The van der Waals surface area contributed by atoms with Gasteiger partial charge in [-0.3, -0.25) is 9.59 Å². The van der Waals surface area contributed by atoms with E-state index >= 15 is 0 Å². The van der Waals surface area contributed by atoms with Crippen LogP contribution in [0.15, 0.2) is 78.9 Å². The average Bonchev–Trinajstić information content (AvgIpc) is 2.88. The van der Waals surface area contributed by atoms with Crippen LogP contribution in [-0.4, -0.2) is 49.5 Å². The minimum Gasteiger partial charge on any atom is -0.494 e. The summed E-state index contributed by atoms with van der Waals surface area (Å²) >= 11 is 0. The molecule has 170 valence electrons. The maximum Gasteiger partial charge on any atom is 0.255 e. The molecule has 2 amide bonds. The number of carbonyl (C=O) groups excluding carboxylic acids is 2. The van der Waals surface area contributed by atoms with Crippen LogP contribution in [0.2, 0.25) is 0 Å². The van der Waals surface area contributed by atoms with Crippen LogP contribution < -0.4 is 15.0 Å². The van der Waals surface area contributed by atoms with E-state index in [0.717, 1.165) is 42.2 Å². The molecule has 6 nitrogen and oxygen atoms in total. The lowest BCUT2D eigenvalue weighted by molar-refractivity contribution is 0.0746. The molecule has 33 heavy (non-hydrogen) atoms. The first-order chi connectivity index (χ1) is 16.1. The Balaban J connectivity index is 1.29. The molecule has 1 saturated heterocycles. The zero-order chi connectivity index (χ0) is 23.0. The van der Waals surface area contributed by atoms with Gasteiger partial charge in [-0.25, -0.2) is 0 Å². The van der Waals surface area contributed by atoms with Crippen molar-refractivity contribution >= 4 is 23.2 Å². The highest BCUT2D eigenvalue weighted by Crippen LogP contribution is 2.21. The molecule has 1 aliphatic heterocycles. The van der Waals surface area contributed by atoms with Crippen molar-refractivity contribution in [1.29, 1.82) is 0 Å². The van der Waals surface area contributed by atoms with Crippen LogP contribution in [0.5, 0.6) is 5.75 Å². The van der Waals surface area contributed by atoms with Gasteiger partial charge in [0.25, 0.3) is 11.8 Å². The van der Waals surface area contributed by atoms with E-state index in [1.54, 1.807) is 12.1 Å². The second-order valence-corrected chi connectivity index (χ2v) is 8.02. The normalized spacial score (nSPS) is 13.5. The lowest BCUT2D eigenvalue weighted by Crippen LogP contribution is -2.48. The number of rotatable bonds is 7. The minimum absolute atomic E-state index is 0.0817. The first-order valence-electron chi connectivity index (χ1n) is 11.4. The first-order valence-corrected chi connectivity index (χ1v) is 11.4. The number of nitrogens with zero attached hydrogens (tertiary/aromatic N) is 2. The standard InChI is InChI=1S/C27H29N3O3/c1-2-20-33-25-14-8-21(9-15-25)26(31)28-23-10-12-24(13-11-23)29-16-18-30(19-17-29)27(32)22-6-4-3-5-7-22/h3-15H,2,16-20H2,1H3,(H,28,31). The summed E-state index contributed by atoms with van der Waals surface area (Å²) in [5.74, 6) is 0.694. The summed E-state index contributed by atoms with van der Waals surface area (Å²) < 4.78 is 5.56. The van der Waals surface area contributed by atoms with E-state index in [-0.39, 0.29) is 11.8 Å². The number of anilines is 2. The topological polar surface area (TPSA) is 61.9 Å². The third kappa shape index (κ3) is 5.71. The summed E-state index contributed by atoms with van der Waals surface area (Å²) in [6.07, 6.45) is 0.944. The molecule has 0 aliphatic carbocycles. The van der Waals surface area contributed by atoms with Crippen molar-refractivity contribution in [2.24, 2.45) is 0 Å². The van der Waals surface area contributed by atoms with Crippen molar-refractivity contribution in [2.45, 2.75) is 13.3 Å². The molecular weight excluding hydrogens is 414 g/mol. The van der Waals surface area contributed by atoms with Crippen LogP contribution in [0.3, 0.4) is 0 Å². The highest BCUT2D eigenvalue weighted by Gasteiger charge is 2.22. The van der Waals surface area contributed by atoms with Gasteiger partial charge in [0.2, 0.25) is 0 Å². The second kappa shape index (κ2) is 10.7. The second-order valence-electron chi connectivity index (χ2n) is 8.02. The molecule has 0 bridgehead atoms. The van der Waals surface area contributed by atoms with E-state index < -0.39 is 0 Å². The van der Waals surface area contributed by atoms with E-state index in [1.165, 1.54) is 0 Å². The Labute approximate surface area is 194 Å². The van der Waals surface area contributed by atoms with Gasteiger partial charge >= 0.3 is 0 Å². The van der Waals surface area contributed by atoms with Crippen LogP contribution in [0.25, 0.3) is 0 Å². The number of benzene rings is 3. The summed E-state index contributed by atoms with van der Waals surface area (Å²) in [7, 11) is 0. The summed E-state index contributed by atoms with van der Waals surface area (Å²) in [5, 5.41) is 2.94. The number of amides is 2. The van der Waals surface area contributed by atoms with Crippen molar-refractivity contribution < 1.29 is 14.3 Å². The van der Waals surface area contributed by atoms with Crippen molar-refractivity contribution in [3.8, 4) is 5.75 Å². The van der Waals surface area contributed by atoms with Gasteiger partial charge in [-0.2, -0.15) is 0 Å². The number of ether oxygens (including phenoxy) is 1. The van der Waals surface area contributed by atoms with Gasteiger partial charge < -0.3 is 19.9 Å². The van der Waals surface area contributed by atoms with Crippen molar-refractivity contribution in [3.63, 3.8) is 0 Å². The zero-order valence-electron chi connectivity index (χ0n) is 18.9. The Morgan fingerprint density at radius 2 is 1.48 bits per heavy atom. The molecule has 0 saturated carbocycles. The van der Waals surface area contributed by atoms with Crippen LogP contribution in [-0.2, 0) is 0 Å². The molecule has 4 rings (SSSR count). The fourth-order valence-electron chi connectivity index (χ4n) is 3.81. The van der Waals surface area contributed by atoms with Crippen LogP contribution >= 0.6 is 0 Å². The Hall–Kier alpha value is -3.80. The number of hydrogen-bond donors (Lipinski definition) is 1. The van der Waals surface area contributed by atoms with Crippen LogP contribution in [0.1, 0.15) is 34.1 Å². The Kier molecular flexibility index (Phi) is 7.25. The van der Waals surface area contributed by atoms with Crippen LogP contribution in [0, 0.1) is 0 Å². The highest BCUT2D eigenvalue weighted by atomic mass is 16.5. The molecule has 3 aromatic rings. The lowest BCUT2D eigenvalue weighted by atomic mass is 10.1. The zero-order valence-corrected chi connectivity index (χ0v) is 18.9. The molecule has 0 atom stereocenters. The molecular formula is C27H29N3O3. The first kappa shape index (κ1) is 22.4. The van der Waals surface area contributed by atoms with Crippen molar-refractivity contribution in [3.05, 3.63) is 90.0 Å².